The molecule has 2 aromatic rings. The van der Waals surface area contributed by atoms with Crippen LogP contribution in [0.4, 0.5) is 0 Å². The number of carbonyl (C=O) groups is 1. The van der Waals surface area contributed by atoms with Crippen molar-refractivity contribution in [1.29, 1.82) is 0 Å². The van der Waals surface area contributed by atoms with Crippen LogP contribution >= 0.6 is 35.0 Å². The molecular weight excluding hydrogens is 401 g/mol. The predicted molar refractivity (Wildman–Crippen MR) is 117 cm³/mol. The van der Waals surface area contributed by atoms with Crippen LogP contribution in [0.3, 0.4) is 0 Å². The maximum absolute atomic E-state index is 12.6. The second-order valence-electron chi connectivity index (χ2n) is 6.61. The van der Waals surface area contributed by atoms with Crippen molar-refractivity contribution in [1.82, 2.24) is 5.32 Å². The maximum atomic E-state index is 12.6. The summed E-state index contributed by atoms with van der Waals surface area (Å²) in [5.41, 5.74) is 3.70. The summed E-state index contributed by atoms with van der Waals surface area (Å²) in [6, 6.07) is 9.39. The molecule has 0 radical (unpaired) electrons. The molecule has 0 saturated carbocycles. The normalized spacial score (nSPS) is 10.9. The van der Waals surface area contributed by atoms with Gasteiger partial charge in [0, 0.05) is 33.7 Å². The van der Waals surface area contributed by atoms with E-state index in [1.54, 1.807) is 24.9 Å². The number of hydrogen-bond donors (Lipinski definition) is 1. The molecule has 2 aromatic carbocycles. The summed E-state index contributed by atoms with van der Waals surface area (Å²) in [5, 5.41) is 4.31. The Morgan fingerprint density at radius 1 is 1.22 bits per heavy atom. The van der Waals surface area contributed by atoms with Crippen LogP contribution in [0.1, 0.15) is 46.8 Å². The smallest absolute Gasteiger partial charge is 0.251 e. The summed E-state index contributed by atoms with van der Waals surface area (Å²) >= 11 is 13.8. The molecule has 0 heterocycles. The zero-order valence-electron chi connectivity index (χ0n) is 16.1. The molecule has 0 aromatic heterocycles. The zero-order chi connectivity index (χ0) is 20.0. The second kappa shape index (κ2) is 10.3. The molecule has 0 atom stereocenters. The molecule has 146 valence electrons. The van der Waals surface area contributed by atoms with E-state index >= 15 is 0 Å². The number of nitrogens with one attached hydrogen (secondary N) is 1. The minimum atomic E-state index is -0.0535. The lowest BCUT2D eigenvalue weighted by atomic mass is 9.96. The van der Waals surface area contributed by atoms with Gasteiger partial charge in [0.05, 0.1) is 7.11 Å². The Kier molecular flexibility index (Phi) is 8.33. The topological polar surface area (TPSA) is 38.3 Å². The van der Waals surface area contributed by atoms with Crippen molar-refractivity contribution in [3.05, 3.63) is 62.6 Å². The van der Waals surface area contributed by atoms with Gasteiger partial charge in [-0.25, -0.2) is 0 Å². The minimum Gasteiger partial charge on any atom is -0.496 e. The number of amides is 1. The number of rotatable bonds is 8. The first-order valence-corrected chi connectivity index (χ1v) is 10.7. The van der Waals surface area contributed by atoms with Gasteiger partial charge in [0.25, 0.3) is 5.91 Å². The lowest BCUT2D eigenvalue weighted by Crippen LogP contribution is -2.26. The average Bonchev–Trinajstić information content (AvgIpc) is 2.62. The monoisotopic (exact) mass is 425 g/mol. The van der Waals surface area contributed by atoms with Crippen LogP contribution in [-0.2, 0) is 5.75 Å². The van der Waals surface area contributed by atoms with Gasteiger partial charge in [-0.05, 0) is 53.8 Å². The molecule has 0 aliphatic heterocycles. The highest BCUT2D eigenvalue weighted by atomic mass is 35.5. The first-order chi connectivity index (χ1) is 12.8. The van der Waals surface area contributed by atoms with E-state index in [4.69, 9.17) is 27.9 Å². The molecule has 2 rings (SSSR count). The van der Waals surface area contributed by atoms with E-state index in [0.717, 1.165) is 33.9 Å². The second-order valence-corrected chi connectivity index (χ2v) is 8.56. The molecule has 3 nitrogen and oxygen atoms in total. The molecule has 0 aliphatic carbocycles. The molecule has 0 unspecified atom stereocenters. The Balaban J connectivity index is 1.89. The van der Waals surface area contributed by atoms with E-state index in [1.165, 1.54) is 0 Å². The molecule has 0 aliphatic rings. The first-order valence-electron chi connectivity index (χ1n) is 8.82. The number of thioether (sulfide) groups is 1. The van der Waals surface area contributed by atoms with Crippen molar-refractivity contribution in [3.8, 4) is 5.75 Å². The highest BCUT2D eigenvalue weighted by molar-refractivity contribution is 7.98. The summed E-state index contributed by atoms with van der Waals surface area (Å²) in [5.74, 6) is 2.64. The molecule has 0 bridgehead atoms. The van der Waals surface area contributed by atoms with E-state index in [0.29, 0.717) is 22.2 Å². The summed E-state index contributed by atoms with van der Waals surface area (Å²) in [6.07, 6.45) is 0. The van der Waals surface area contributed by atoms with Crippen LogP contribution in [0.15, 0.2) is 30.3 Å². The SMILES string of the molecule is COc1cc(C)c(C(=O)NCCSCc2ccc(Cl)cc2Cl)cc1C(C)C. The van der Waals surface area contributed by atoms with Crippen LogP contribution in [0.5, 0.6) is 5.75 Å². The van der Waals surface area contributed by atoms with E-state index < -0.39 is 0 Å². The van der Waals surface area contributed by atoms with E-state index in [9.17, 15) is 4.79 Å². The molecule has 1 amide bonds. The Morgan fingerprint density at radius 3 is 2.59 bits per heavy atom. The van der Waals surface area contributed by atoms with Gasteiger partial charge in [-0.3, -0.25) is 4.79 Å². The molecular formula is C21H25Cl2NO2S. The number of aryl methyl sites for hydroxylation is 1. The fourth-order valence-electron chi connectivity index (χ4n) is 2.72. The number of ether oxygens (including phenoxy) is 1. The summed E-state index contributed by atoms with van der Waals surface area (Å²) < 4.78 is 5.44. The van der Waals surface area contributed by atoms with Crippen molar-refractivity contribution in [3.63, 3.8) is 0 Å². The molecule has 6 heteroatoms. The van der Waals surface area contributed by atoms with Crippen LogP contribution in [-0.4, -0.2) is 25.3 Å². The van der Waals surface area contributed by atoms with Crippen LogP contribution < -0.4 is 10.1 Å². The van der Waals surface area contributed by atoms with Crippen molar-refractivity contribution in [2.75, 3.05) is 19.4 Å². The largest absolute Gasteiger partial charge is 0.496 e. The minimum absolute atomic E-state index is 0.0535. The molecule has 0 fully saturated rings. The molecule has 0 saturated heterocycles. The van der Waals surface area contributed by atoms with Crippen LogP contribution in [0.2, 0.25) is 10.0 Å². The van der Waals surface area contributed by atoms with E-state index in [1.807, 2.05) is 31.2 Å². The van der Waals surface area contributed by atoms with E-state index in [-0.39, 0.29) is 11.8 Å². The summed E-state index contributed by atoms with van der Waals surface area (Å²) in [4.78, 5) is 12.6. The predicted octanol–water partition coefficient (Wildman–Crippen LogP) is 6.10. The van der Waals surface area contributed by atoms with Gasteiger partial charge in [-0.1, -0.05) is 43.1 Å². The quantitative estimate of drug-likeness (QED) is 0.519. The third-order valence-corrected chi connectivity index (χ3v) is 5.84. The number of carbonyl (C=O) groups excluding carboxylic acids is 1. The maximum Gasteiger partial charge on any atom is 0.251 e. The zero-order valence-corrected chi connectivity index (χ0v) is 18.4. The first kappa shape index (κ1) is 21.9. The Morgan fingerprint density at radius 2 is 1.96 bits per heavy atom. The van der Waals surface area contributed by atoms with Gasteiger partial charge in [-0.15, -0.1) is 0 Å². The van der Waals surface area contributed by atoms with Gasteiger partial charge in [0.2, 0.25) is 0 Å². The molecule has 27 heavy (non-hydrogen) atoms. The molecule has 0 spiro atoms. The van der Waals surface area contributed by atoms with Crippen molar-refractivity contribution in [2.45, 2.75) is 32.4 Å². The van der Waals surface area contributed by atoms with Gasteiger partial charge in [0.15, 0.2) is 0 Å². The van der Waals surface area contributed by atoms with Gasteiger partial charge in [0.1, 0.15) is 5.75 Å². The van der Waals surface area contributed by atoms with Gasteiger partial charge in [-0.2, -0.15) is 11.8 Å². The average molecular weight is 426 g/mol. The Labute approximate surface area is 175 Å². The third-order valence-electron chi connectivity index (χ3n) is 4.25. The third kappa shape index (κ3) is 6.06. The van der Waals surface area contributed by atoms with Crippen LogP contribution in [0.25, 0.3) is 0 Å². The van der Waals surface area contributed by atoms with Crippen molar-refractivity contribution >= 4 is 40.9 Å². The Hall–Kier alpha value is -1.36. The fraction of sp³-hybridized carbons (Fsp3) is 0.381. The van der Waals surface area contributed by atoms with Crippen molar-refractivity contribution < 1.29 is 9.53 Å². The van der Waals surface area contributed by atoms with E-state index in [2.05, 4.69) is 19.2 Å². The van der Waals surface area contributed by atoms with Gasteiger partial charge < -0.3 is 10.1 Å². The fourth-order valence-corrected chi connectivity index (χ4v) is 4.14. The molecule has 1 N–H and O–H groups in total. The lowest BCUT2D eigenvalue weighted by molar-refractivity contribution is 0.0955. The number of hydrogen-bond acceptors (Lipinski definition) is 3. The highest BCUT2D eigenvalue weighted by Crippen LogP contribution is 2.29. The Bertz CT molecular complexity index is 809. The van der Waals surface area contributed by atoms with Gasteiger partial charge >= 0.3 is 0 Å². The van der Waals surface area contributed by atoms with Crippen molar-refractivity contribution in [2.24, 2.45) is 0 Å². The lowest BCUT2D eigenvalue weighted by Gasteiger charge is -2.16. The standard InChI is InChI=1S/C21H25Cl2NO2S/c1-13(2)17-11-18(14(3)9-20(17)26-4)21(25)24-7-8-27-12-15-5-6-16(22)10-19(15)23/h5-6,9-11,13H,7-8,12H2,1-4H3,(H,24,25). The van der Waals surface area contributed by atoms with Crippen LogP contribution in [0, 0.1) is 6.92 Å². The number of methoxy groups -OCH3 is 1. The summed E-state index contributed by atoms with van der Waals surface area (Å²) in [7, 11) is 1.66. The number of benzene rings is 2. The summed E-state index contributed by atoms with van der Waals surface area (Å²) in [6.45, 7) is 6.71. The number of halogens is 2. The highest BCUT2D eigenvalue weighted by Gasteiger charge is 2.15.